The molecule has 3 aromatic rings. The van der Waals surface area contributed by atoms with Gasteiger partial charge in [0.05, 0.1) is 17.4 Å². The second-order valence-corrected chi connectivity index (χ2v) is 5.69. The van der Waals surface area contributed by atoms with Gasteiger partial charge in [0.25, 0.3) is 5.91 Å². The van der Waals surface area contributed by atoms with Crippen LogP contribution >= 0.6 is 11.6 Å². The van der Waals surface area contributed by atoms with Crippen molar-refractivity contribution in [3.8, 4) is 5.69 Å². The molecule has 0 unspecified atom stereocenters. The zero-order chi connectivity index (χ0) is 18.9. The number of nitrogens with zero attached hydrogens (tertiary/aromatic N) is 2. The fourth-order valence-corrected chi connectivity index (χ4v) is 2.42. The van der Waals surface area contributed by atoms with E-state index in [0.717, 1.165) is 18.3 Å². The minimum atomic E-state index is -4.83. The van der Waals surface area contributed by atoms with E-state index in [-0.39, 0.29) is 11.4 Å². The summed E-state index contributed by atoms with van der Waals surface area (Å²) in [5.74, 6) is -1.54. The van der Waals surface area contributed by atoms with Crippen molar-refractivity contribution < 1.29 is 22.4 Å². The van der Waals surface area contributed by atoms with E-state index in [1.807, 2.05) is 0 Å². The Morgan fingerprint density at radius 3 is 2.23 bits per heavy atom. The van der Waals surface area contributed by atoms with E-state index in [2.05, 4.69) is 10.4 Å². The van der Waals surface area contributed by atoms with Gasteiger partial charge in [0, 0.05) is 10.7 Å². The maximum atomic E-state index is 13.5. The number of carbonyl (C=O) groups excluding carboxylic acids is 1. The molecule has 1 aromatic heterocycles. The highest BCUT2D eigenvalue weighted by molar-refractivity contribution is 6.30. The summed E-state index contributed by atoms with van der Waals surface area (Å²) in [6.07, 6.45) is -4.00. The topological polar surface area (TPSA) is 46.9 Å². The van der Waals surface area contributed by atoms with Gasteiger partial charge in [-0.1, -0.05) is 11.6 Å². The summed E-state index contributed by atoms with van der Waals surface area (Å²) in [5, 5.41) is 6.33. The van der Waals surface area contributed by atoms with Crippen LogP contribution in [0, 0.1) is 5.82 Å². The van der Waals surface area contributed by atoms with Gasteiger partial charge < -0.3 is 5.32 Å². The lowest BCUT2D eigenvalue weighted by Crippen LogP contribution is -2.20. The molecule has 4 nitrogen and oxygen atoms in total. The van der Waals surface area contributed by atoms with Gasteiger partial charge in [0.2, 0.25) is 0 Å². The lowest BCUT2D eigenvalue weighted by Gasteiger charge is -2.13. The number of carbonyl (C=O) groups is 1. The summed E-state index contributed by atoms with van der Waals surface area (Å²) in [5.41, 5.74) is -1.62. The molecule has 9 heteroatoms. The van der Waals surface area contributed by atoms with Crippen LogP contribution in [0.2, 0.25) is 5.02 Å². The molecule has 0 saturated heterocycles. The molecular weight excluding hydrogens is 374 g/mol. The first-order valence-electron chi connectivity index (χ1n) is 7.24. The second kappa shape index (κ2) is 6.80. The van der Waals surface area contributed by atoms with E-state index in [1.165, 1.54) is 36.4 Å². The number of nitrogens with one attached hydrogen (secondary N) is 1. The summed E-state index contributed by atoms with van der Waals surface area (Å²) >= 11 is 5.74. The predicted molar refractivity (Wildman–Crippen MR) is 87.9 cm³/mol. The van der Waals surface area contributed by atoms with E-state index < -0.39 is 29.2 Å². The molecule has 0 aliphatic rings. The average Bonchev–Trinajstić information content (AvgIpc) is 3.03. The summed E-state index contributed by atoms with van der Waals surface area (Å²) in [4.78, 5) is 12.3. The van der Waals surface area contributed by atoms with Gasteiger partial charge in [-0.15, -0.1) is 0 Å². The number of hydrogen-bond acceptors (Lipinski definition) is 2. The minimum Gasteiger partial charge on any atom is -0.322 e. The molecule has 1 amide bonds. The molecule has 0 aliphatic heterocycles. The molecule has 0 bridgehead atoms. The molecule has 0 spiro atoms. The summed E-state index contributed by atoms with van der Waals surface area (Å²) < 4.78 is 54.2. The molecule has 1 heterocycles. The smallest absolute Gasteiger partial charge is 0.322 e. The lowest BCUT2D eigenvalue weighted by atomic mass is 10.2. The highest BCUT2D eigenvalue weighted by atomic mass is 35.5. The fraction of sp³-hybridized carbons (Fsp3) is 0.0588. The number of anilines is 1. The van der Waals surface area contributed by atoms with Crippen molar-refractivity contribution >= 4 is 23.2 Å². The Morgan fingerprint density at radius 1 is 1.04 bits per heavy atom. The first-order chi connectivity index (χ1) is 12.3. The van der Waals surface area contributed by atoms with Crippen LogP contribution in [0.5, 0.6) is 0 Å². The van der Waals surface area contributed by atoms with E-state index >= 15 is 0 Å². The Hall–Kier alpha value is -2.87. The molecule has 3 rings (SSSR count). The van der Waals surface area contributed by atoms with Crippen LogP contribution in [-0.4, -0.2) is 15.7 Å². The van der Waals surface area contributed by atoms with Gasteiger partial charge in [-0.2, -0.15) is 18.3 Å². The van der Waals surface area contributed by atoms with Crippen molar-refractivity contribution in [2.24, 2.45) is 0 Å². The number of rotatable bonds is 3. The quantitative estimate of drug-likeness (QED) is 0.651. The van der Waals surface area contributed by atoms with Crippen molar-refractivity contribution in [1.82, 2.24) is 9.78 Å². The number of alkyl halides is 3. The normalized spacial score (nSPS) is 11.4. The van der Waals surface area contributed by atoms with Crippen LogP contribution in [0.3, 0.4) is 0 Å². The van der Waals surface area contributed by atoms with Crippen LogP contribution in [0.1, 0.15) is 16.1 Å². The molecule has 1 N–H and O–H groups in total. The molecule has 0 saturated carbocycles. The summed E-state index contributed by atoms with van der Waals surface area (Å²) in [6, 6.07) is 10.2. The van der Waals surface area contributed by atoms with Crippen LogP contribution in [0.15, 0.2) is 54.7 Å². The molecule has 0 aliphatic carbocycles. The maximum absolute atomic E-state index is 13.5. The van der Waals surface area contributed by atoms with E-state index in [9.17, 15) is 22.4 Å². The van der Waals surface area contributed by atoms with Crippen LogP contribution in [-0.2, 0) is 6.18 Å². The van der Waals surface area contributed by atoms with Crippen LogP contribution in [0.4, 0.5) is 23.2 Å². The van der Waals surface area contributed by atoms with Crippen molar-refractivity contribution in [3.05, 3.63) is 76.8 Å². The Morgan fingerprint density at radius 2 is 1.65 bits per heavy atom. The van der Waals surface area contributed by atoms with Crippen molar-refractivity contribution in [2.75, 3.05) is 5.32 Å². The molecule has 134 valence electrons. The third-order valence-corrected chi connectivity index (χ3v) is 3.71. The Balaban J connectivity index is 2.00. The Kier molecular flexibility index (Phi) is 4.69. The van der Waals surface area contributed by atoms with E-state index in [0.29, 0.717) is 9.70 Å². The van der Waals surface area contributed by atoms with Crippen molar-refractivity contribution in [1.29, 1.82) is 0 Å². The molecule has 0 atom stereocenters. The van der Waals surface area contributed by atoms with Gasteiger partial charge in [0.1, 0.15) is 5.82 Å². The highest BCUT2D eigenvalue weighted by Crippen LogP contribution is 2.34. The molecule has 2 aromatic carbocycles. The van der Waals surface area contributed by atoms with Crippen LogP contribution in [0.25, 0.3) is 5.69 Å². The van der Waals surface area contributed by atoms with Crippen molar-refractivity contribution in [3.63, 3.8) is 0 Å². The van der Waals surface area contributed by atoms with E-state index in [1.54, 1.807) is 0 Å². The first kappa shape index (κ1) is 17.9. The fourth-order valence-electron chi connectivity index (χ4n) is 2.30. The summed E-state index contributed by atoms with van der Waals surface area (Å²) in [7, 11) is 0. The zero-order valence-electron chi connectivity index (χ0n) is 12.9. The van der Waals surface area contributed by atoms with Gasteiger partial charge in [-0.25, -0.2) is 9.07 Å². The van der Waals surface area contributed by atoms with Crippen LogP contribution < -0.4 is 5.32 Å². The third kappa shape index (κ3) is 3.70. The van der Waals surface area contributed by atoms with Gasteiger partial charge >= 0.3 is 6.18 Å². The van der Waals surface area contributed by atoms with Crippen molar-refractivity contribution in [2.45, 2.75) is 6.18 Å². The Bertz CT molecular complexity index is 934. The van der Waals surface area contributed by atoms with Gasteiger partial charge in [0.15, 0.2) is 5.69 Å². The molecular formula is C17H10ClF4N3O. The second-order valence-electron chi connectivity index (χ2n) is 5.25. The number of aromatic nitrogens is 2. The molecule has 0 radical (unpaired) electrons. The minimum absolute atomic E-state index is 0.0996. The number of benzene rings is 2. The molecule has 0 fully saturated rings. The van der Waals surface area contributed by atoms with E-state index in [4.69, 9.17) is 11.6 Å². The highest BCUT2D eigenvalue weighted by Gasteiger charge is 2.40. The van der Waals surface area contributed by atoms with Gasteiger partial charge in [-0.3, -0.25) is 4.79 Å². The number of hydrogen-bond donors (Lipinski definition) is 1. The lowest BCUT2D eigenvalue weighted by molar-refractivity contribution is -0.143. The zero-order valence-corrected chi connectivity index (χ0v) is 13.6. The Labute approximate surface area is 150 Å². The standard InChI is InChI=1S/C17H10ClF4N3O/c18-10-1-7-13(8-2-10)25-15(17(20,21)22)14(9-23-25)16(26)24-12-5-3-11(19)4-6-12/h1-9H,(H,24,26). The van der Waals surface area contributed by atoms with Gasteiger partial charge in [-0.05, 0) is 48.5 Å². The largest absolute Gasteiger partial charge is 0.434 e. The monoisotopic (exact) mass is 383 g/mol. The first-order valence-corrected chi connectivity index (χ1v) is 7.61. The SMILES string of the molecule is O=C(Nc1ccc(F)cc1)c1cnn(-c2ccc(Cl)cc2)c1C(F)(F)F. The number of halogens is 5. The predicted octanol–water partition coefficient (Wildman–Crippen LogP) is 4.94. The third-order valence-electron chi connectivity index (χ3n) is 3.46. The average molecular weight is 384 g/mol. The summed E-state index contributed by atoms with van der Waals surface area (Å²) in [6.45, 7) is 0. The molecule has 26 heavy (non-hydrogen) atoms. The number of amides is 1. The maximum Gasteiger partial charge on any atom is 0.434 e.